The Morgan fingerprint density at radius 3 is 2.80 bits per heavy atom. The van der Waals surface area contributed by atoms with E-state index in [0.29, 0.717) is 11.9 Å². The van der Waals surface area contributed by atoms with E-state index >= 15 is 0 Å². The molecule has 0 aromatic rings. The number of amides is 2. The SMILES string of the molecule is CCSC1CCC(NC(=O)N(CCOC)CC(=O)O)C1. The number of urea groups is 1. The number of methoxy groups -OCH3 is 1. The number of hydrogen-bond acceptors (Lipinski definition) is 4. The Hall–Kier alpha value is -0.950. The standard InChI is InChI=1S/C13H24N2O4S/c1-3-20-11-5-4-10(8-11)14-13(18)15(6-7-19-2)9-12(16)17/h10-11H,3-9H2,1-2H3,(H,14,18)(H,16,17). The Kier molecular flexibility index (Phi) is 7.76. The minimum absolute atomic E-state index is 0.158. The molecule has 0 aliphatic heterocycles. The van der Waals surface area contributed by atoms with Gasteiger partial charge in [-0.3, -0.25) is 4.79 Å². The van der Waals surface area contributed by atoms with Crippen molar-refractivity contribution in [1.82, 2.24) is 10.2 Å². The highest BCUT2D eigenvalue weighted by Crippen LogP contribution is 2.29. The third-order valence-electron chi connectivity index (χ3n) is 3.29. The highest BCUT2D eigenvalue weighted by molar-refractivity contribution is 7.99. The van der Waals surface area contributed by atoms with E-state index in [1.807, 2.05) is 11.8 Å². The molecule has 0 aromatic heterocycles. The lowest BCUT2D eigenvalue weighted by Gasteiger charge is -2.23. The van der Waals surface area contributed by atoms with Gasteiger partial charge in [0.05, 0.1) is 6.61 Å². The zero-order valence-electron chi connectivity index (χ0n) is 12.1. The fourth-order valence-electron chi connectivity index (χ4n) is 2.34. The van der Waals surface area contributed by atoms with Gasteiger partial charge in [-0.15, -0.1) is 0 Å². The van der Waals surface area contributed by atoms with E-state index in [0.717, 1.165) is 25.0 Å². The number of nitrogens with zero attached hydrogens (tertiary/aromatic N) is 1. The van der Waals surface area contributed by atoms with E-state index < -0.39 is 5.97 Å². The van der Waals surface area contributed by atoms with Crippen molar-refractivity contribution < 1.29 is 19.4 Å². The van der Waals surface area contributed by atoms with E-state index in [2.05, 4.69) is 12.2 Å². The van der Waals surface area contributed by atoms with Gasteiger partial charge in [0.2, 0.25) is 0 Å². The van der Waals surface area contributed by atoms with Crippen molar-refractivity contribution in [2.45, 2.75) is 37.5 Å². The molecule has 1 saturated carbocycles. The van der Waals surface area contributed by atoms with Crippen molar-refractivity contribution >= 4 is 23.8 Å². The molecule has 116 valence electrons. The third-order valence-corrected chi connectivity index (χ3v) is 4.53. The van der Waals surface area contributed by atoms with Crippen molar-refractivity contribution in [1.29, 1.82) is 0 Å². The molecule has 2 unspecified atom stereocenters. The zero-order chi connectivity index (χ0) is 15.0. The first kappa shape index (κ1) is 17.1. The second kappa shape index (κ2) is 9.07. The molecular formula is C13H24N2O4S. The first-order chi connectivity index (χ1) is 9.56. The summed E-state index contributed by atoms with van der Waals surface area (Å²) in [7, 11) is 1.53. The molecule has 0 aromatic carbocycles. The average molecular weight is 304 g/mol. The highest BCUT2D eigenvalue weighted by Gasteiger charge is 2.27. The van der Waals surface area contributed by atoms with Crippen molar-refractivity contribution in [3.8, 4) is 0 Å². The number of carboxylic acids is 1. The van der Waals surface area contributed by atoms with Gasteiger partial charge in [0, 0.05) is 24.9 Å². The summed E-state index contributed by atoms with van der Waals surface area (Å²) in [5.74, 6) is 0.0757. The van der Waals surface area contributed by atoms with Gasteiger partial charge in [-0.1, -0.05) is 6.92 Å². The lowest BCUT2D eigenvalue weighted by Crippen LogP contribution is -2.47. The van der Waals surface area contributed by atoms with Crippen LogP contribution in [0.15, 0.2) is 0 Å². The number of rotatable bonds is 8. The monoisotopic (exact) mass is 304 g/mol. The number of carbonyl (C=O) groups is 2. The van der Waals surface area contributed by atoms with Gasteiger partial charge >= 0.3 is 12.0 Å². The summed E-state index contributed by atoms with van der Waals surface area (Å²) in [6.45, 7) is 2.46. The summed E-state index contributed by atoms with van der Waals surface area (Å²) in [4.78, 5) is 24.2. The van der Waals surface area contributed by atoms with Crippen LogP contribution in [0.1, 0.15) is 26.2 Å². The molecule has 20 heavy (non-hydrogen) atoms. The van der Waals surface area contributed by atoms with Crippen LogP contribution in [0, 0.1) is 0 Å². The van der Waals surface area contributed by atoms with Gasteiger partial charge in [0.25, 0.3) is 0 Å². The number of carbonyl (C=O) groups excluding carboxylic acids is 1. The van der Waals surface area contributed by atoms with Crippen LogP contribution in [0.25, 0.3) is 0 Å². The number of thioether (sulfide) groups is 1. The molecule has 0 bridgehead atoms. The molecule has 0 saturated heterocycles. The molecule has 0 radical (unpaired) electrons. The third kappa shape index (κ3) is 6.00. The molecule has 6 nitrogen and oxygen atoms in total. The first-order valence-corrected chi connectivity index (χ1v) is 7.99. The van der Waals surface area contributed by atoms with Gasteiger partial charge in [-0.25, -0.2) is 4.79 Å². The number of nitrogens with one attached hydrogen (secondary N) is 1. The molecule has 0 spiro atoms. The Labute approximate surface area is 124 Å². The van der Waals surface area contributed by atoms with Gasteiger partial charge < -0.3 is 20.1 Å². The average Bonchev–Trinajstić information content (AvgIpc) is 2.81. The molecule has 1 fully saturated rings. The Balaban J connectivity index is 2.42. The van der Waals surface area contributed by atoms with Gasteiger partial charge in [-0.2, -0.15) is 11.8 Å². The van der Waals surface area contributed by atoms with Crippen molar-refractivity contribution in [2.75, 3.05) is 32.6 Å². The fraction of sp³-hybridized carbons (Fsp3) is 0.846. The maximum Gasteiger partial charge on any atom is 0.323 e. The molecular weight excluding hydrogens is 280 g/mol. The number of aliphatic carboxylic acids is 1. The fourth-order valence-corrected chi connectivity index (χ4v) is 3.48. The van der Waals surface area contributed by atoms with Crippen LogP contribution < -0.4 is 5.32 Å². The van der Waals surface area contributed by atoms with Crippen molar-refractivity contribution in [3.05, 3.63) is 0 Å². The molecule has 1 rings (SSSR count). The summed E-state index contributed by atoms with van der Waals surface area (Å²) in [5, 5.41) is 12.4. The van der Waals surface area contributed by atoms with Crippen LogP contribution in [0.4, 0.5) is 4.79 Å². The van der Waals surface area contributed by atoms with E-state index in [1.165, 1.54) is 12.0 Å². The smallest absolute Gasteiger partial charge is 0.323 e. The molecule has 2 atom stereocenters. The van der Waals surface area contributed by atoms with Gasteiger partial charge in [0.15, 0.2) is 0 Å². The second-order valence-corrected chi connectivity index (χ2v) is 6.42. The Morgan fingerprint density at radius 2 is 2.20 bits per heavy atom. The van der Waals surface area contributed by atoms with Crippen LogP contribution in [0.2, 0.25) is 0 Å². The van der Waals surface area contributed by atoms with Crippen LogP contribution in [-0.4, -0.2) is 65.9 Å². The summed E-state index contributed by atoms with van der Waals surface area (Å²) in [5.41, 5.74) is 0. The molecule has 1 aliphatic carbocycles. The van der Waals surface area contributed by atoms with E-state index in [4.69, 9.17) is 9.84 Å². The zero-order valence-corrected chi connectivity index (χ0v) is 12.9. The molecule has 2 N–H and O–H groups in total. The van der Waals surface area contributed by atoms with Gasteiger partial charge in [0.1, 0.15) is 6.54 Å². The quantitative estimate of drug-likeness (QED) is 0.709. The first-order valence-electron chi connectivity index (χ1n) is 6.94. The van der Waals surface area contributed by atoms with Crippen molar-refractivity contribution in [2.24, 2.45) is 0 Å². The van der Waals surface area contributed by atoms with Gasteiger partial charge in [-0.05, 0) is 25.0 Å². The molecule has 0 heterocycles. The highest BCUT2D eigenvalue weighted by atomic mass is 32.2. The van der Waals surface area contributed by atoms with E-state index in [1.54, 1.807) is 0 Å². The molecule has 7 heteroatoms. The Bertz CT molecular complexity index is 327. The topological polar surface area (TPSA) is 78.9 Å². The van der Waals surface area contributed by atoms with E-state index in [9.17, 15) is 9.59 Å². The van der Waals surface area contributed by atoms with Crippen LogP contribution in [0.3, 0.4) is 0 Å². The minimum atomic E-state index is -1.01. The normalized spacial score (nSPS) is 21.7. The minimum Gasteiger partial charge on any atom is -0.480 e. The summed E-state index contributed by atoms with van der Waals surface area (Å²) >= 11 is 1.92. The van der Waals surface area contributed by atoms with Crippen LogP contribution in [0.5, 0.6) is 0 Å². The summed E-state index contributed by atoms with van der Waals surface area (Å²) in [6, 6.07) is -0.151. The molecule has 1 aliphatic rings. The Morgan fingerprint density at radius 1 is 1.45 bits per heavy atom. The lowest BCUT2D eigenvalue weighted by atomic mass is 10.2. The van der Waals surface area contributed by atoms with Crippen molar-refractivity contribution in [3.63, 3.8) is 0 Å². The number of carboxylic acid groups (broad SMARTS) is 1. The van der Waals surface area contributed by atoms with Crippen LogP contribution >= 0.6 is 11.8 Å². The summed E-state index contributed by atoms with van der Waals surface area (Å²) < 4.78 is 4.91. The van der Waals surface area contributed by atoms with E-state index in [-0.39, 0.29) is 25.2 Å². The predicted molar refractivity (Wildman–Crippen MR) is 79.2 cm³/mol. The predicted octanol–water partition coefficient (Wildman–Crippen LogP) is 1.40. The van der Waals surface area contributed by atoms with Crippen LogP contribution in [-0.2, 0) is 9.53 Å². The second-order valence-electron chi connectivity index (χ2n) is 4.84. The summed E-state index contributed by atoms with van der Waals surface area (Å²) in [6.07, 6.45) is 3.05. The maximum absolute atomic E-state index is 12.1. The maximum atomic E-state index is 12.1. The number of ether oxygens (including phenoxy) is 1. The number of hydrogen-bond donors (Lipinski definition) is 2. The molecule has 2 amide bonds. The largest absolute Gasteiger partial charge is 0.480 e. The lowest BCUT2D eigenvalue weighted by molar-refractivity contribution is -0.137.